The Bertz CT molecular complexity index is 364. The van der Waals surface area contributed by atoms with Crippen LogP contribution in [0, 0.1) is 6.92 Å². The van der Waals surface area contributed by atoms with Crippen molar-refractivity contribution < 1.29 is 4.79 Å². The monoisotopic (exact) mass is 187 g/mol. The number of aryl methyl sites for hydroxylation is 1. The van der Waals surface area contributed by atoms with E-state index >= 15 is 0 Å². The van der Waals surface area contributed by atoms with Gasteiger partial charge in [0.05, 0.1) is 0 Å². The quantitative estimate of drug-likeness (QED) is 0.672. The lowest BCUT2D eigenvalue weighted by Gasteiger charge is -2.22. The van der Waals surface area contributed by atoms with Crippen molar-refractivity contribution in [1.82, 2.24) is 0 Å². The van der Waals surface area contributed by atoms with Gasteiger partial charge >= 0.3 is 0 Å². The van der Waals surface area contributed by atoms with Crippen LogP contribution in [0.3, 0.4) is 0 Å². The largest absolute Gasteiger partial charge is 0.347 e. The summed E-state index contributed by atoms with van der Waals surface area (Å²) in [6.07, 6.45) is 4.12. The summed E-state index contributed by atoms with van der Waals surface area (Å²) in [5, 5.41) is 0. The van der Waals surface area contributed by atoms with Crippen LogP contribution in [0.5, 0.6) is 0 Å². The minimum Gasteiger partial charge on any atom is -0.347 e. The third-order valence-electron chi connectivity index (χ3n) is 2.41. The molecule has 0 atom stereocenters. The van der Waals surface area contributed by atoms with Gasteiger partial charge in [-0.3, -0.25) is 4.79 Å². The highest BCUT2D eigenvalue weighted by molar-refractivity contribution is 5.91. The number of allylic oxidation sites excluding steroid dienone is 1. The van der Waals surface area contributed by atoms with E-state index in [0.29, 0.717) is 6.42 Å². The van der Waals surface area contributed by atoms with Crippen LogP contribution in [-0.4, -0.2) is 12.3 Å². The van der Waals surface area contributed by atoms with E-state index in [1.807, 2.05) is 6.20 Å². The van der Waals surface area contributed by atoms with Gasteiger partial charge in [-0.1, -0.05) is 17.7 Å². The SMILES string of the molecule is Cc1ccc(N2C=CC(=O)CC2)cc1. The highest BCUT2D eigenvalue weighted by Gasteiger charge is 2.10. The van der Waals surface area contributed by atoms with Crippen LogP contribution in [-0.2, 0) is 4.79 Å². The van der Waals surface area contributed by atoms with Gasteiger partial charge in [-0.15, -0.1) is 0 Å². The van der Waals surface area contributed by atoms with Crippen molar-refractivity contribution in [3.05, 3.63) is 42.1 Å². The van der Waals surface area contributed by atoms with E-state index in [1.54, 1.807) is 6.08 Å². The number of ketones is 1. The first-order chi connectivity index (χ1) is 6.75. The molecule has 14 heavy (non-hydrogen) atoms. The van der Waals surface area contributed by atoms with Crippen LogP contribution < -0.4 is 4.90 Å². The maximum absolute atomic E-state index is 11.0. The van der Waals surface area contributed by atoms with Gasteiger partial charge in [0.2, 0.25) is 0 Å². The molecule has 0 N–H and O–H groups in total. The lowest BCUT2D eigenvalue weighted by molar-refractivity contribution is -0.114. The third kappa shape index (κ3) is 1.84. The molecule has 1 heterocycles. The average molecular weight is 187 g/mol. The Hall–Kier alpha value is -1.57. The molecular weight excluding hydrogens is 174 g/mol. The number of anilines is 1. The van der Waals surface area contributed by atoms with E-state index in [1.165, 1.54) is 5.56 Å². The van der Waals surface area contributed by atoms with Crippen molar-refractivity contribution in [1.29, 1.82) is 0 Å². The first-order valence-electron chi connectivity index (χ1n) is 4.80. The van der Waals surface area contributed by atoms with Crippen molar-refractivity contribution >= 4 is 11.5 Å². The third-order valence-corrected chi connectivity index (χ3v) is 2.41. The van der Waals surface area contributed by atoms with E-state index in [-0.39, 0.29) is 5.78 Å². The molecule has 2 heteroatoms. The average Bonchev–Trinajstić information content (AvgIpc) is 2.21. The minimum absolute atomic E-state index is 0.216. The molecule has 0 saturated heterocycles. The summed E-state index contributed by atoms with van der Waals surface area (Å²) in [5.74, 6) is 0.216. The molecule has 1 aromatic rings. The van der Waals surface area contributed by atoms with Gasteiger partial charge in [-0.25, -0.2) is 0 Å². The van der Waals surface area contributed by atoms with Crippen molar-refractivity contribution in [2.24, 2.45) is 0 Å². The highest BCUT2D eigenvalue weighted by atomic mass is 16.1. The van der Waals surface area contributed by atoms with Gasteiger partial charge < -0.3 is 4.90 Å². The fourth-order valence-electron chi connectivity index (χ4n) is 1.51. The molecule has 0 radical (unpaired) electrons. The molecule has 0 saturated carbocycles. The normalized spacial score (nSPS) is 16.1. The second-order valence-corrected chi connectivity index (χ2v) is 3.56. The summed E-state index contributed by atoms with van der Waals surface area (Å²) in [4.78, 5) is 13.1. The molecule has 0 amide bonds. The van der Waals surface area contributed by atoms with Crippen LogP contribution in [0.1, 0.15) is 12.0 Å². The maximum Gasteiger partial charge on any atom is 0.158 e. The van der Waals surface area contributed by atoms with E-state index in [4.69, 9.17) is 0 Å². The summed E-state index contributed by atoms with van der Waals surface area (Å²) in [6.45, 7) is 2.86. The number of carbonyl (C=O) groups is 1. The van der Waals surface area contributed by atoms with Gasteiger partial charge in [0.25, 0.3) is 0 Å². The summed E-state index contributed by atoms with van der Waals surface area (Å²) in [5.41, 5.74) is 2.41. The fourth-order valence-corrected chi connectivity index (χ4v) is 1.51. The summed E-state index contributed by atoms with van der Waals surface area (Å²) < 4.78 is 0. The molecule has 0 bridgehead atoms. The van der Waals surface area contributed by atoms with E-state index < -0.39 is 0 Å². The second-order valence-electron chi connectivity index (χ2n) is 3.56. The van der Waals surface area contributed by atoms with Gasteiger partial charge in [0.15, 0.2) is 5.78 Å². The Morgan fingerprint density at radius 3 is 2.50 bits per heavy atom. The van der Waals surface area contributed by atoms with Gasteiger partial charge in [0.1, 0.15) is 0 Å². The Labute approximate surface area is 83.8 Å². The number of hydrogen-bond acceptors (Lipinski definition) is 2. The molecule has 0 unspecified atom stereocenters. The molecule has 0 aliphatic carbocycles. The molecular formula is C12H13NO. The number of benzene rings is 1. The summed E-state index contributed by atoms with van der Waals surface area (Å²) in [6, 6.07) is 8.32. The molecule has 72 valence electrons. The van der Waals surface area contributed by atoms with Crippen molar-refractivity contribution in [3.8, 4) is 0 Å². The van der Waals surface area contributed by atoms with Crippen molar-refractivity contribution in [2.75, 3.05) is 11.4 Å². The van der Waals surface area contributed by atoms with E-state index in [9.17, 15) is 4.79 Å². The van der Waals surface area contributed by atoms with Crippen LogP contribution in [0.4, 0.5) is 5.69 Å². The van der Waals surface area contributed by atoms with Gasteiger partial charge in [-0.05, 0) is 25.1 Å². The highest BCUT2D eigenvalue weighted by Crippen LogP contribution is 2.17. The lowest BCUT2D eigenvalue weighted by Crippen LogP contribution is -2.23. The van der Waals surface area contributed by atoms with Crippen LogP contribution in [0.25, 0.3) is 0 Å². The number of nitrogens with zero attached hydrogens (tertiary/aromatic N) is 1. The maximum atomic E-state index is 11.0. The fraction of sp³-hybridized carbons (Fsp3) is 0.250. The molecule has 2 rings (SSSR count). The Kier molecular flexibility index (Phi) is 2.35. The second kappa shape index (κ2) is 3.66. The summed E-state index contributed by atoms with van der Waals surface area (Å²) in [7, 11) is 0. The Morgan fingerprint density at radius 2 is 1.93 bits per heavy atom. The molecule has 1 aromatic carbocycles. The number of carbonyl (C=O) groups excluding carboxylic acids is 1. The standard InChI is InChI=1S/C12H13NO/c1-10-2-4-11(5-3-10)13-8-6-12(14)7-9-13/h2-6,8H,7,9H2,1H3. The number of rotatable bonds is 1. The predicted molar refractivity (Wildman–Crippen MR) is 57.3 cm³/mol. The van der Waals surface area contributed by atoms with Crippen LogP contribution in [0.15, 0.2) is 36.5 Å². The zero-order chi connectivity index (χ0) is 9.97. The number of hydrogen-bond donors (Lipinski definition) is 0. The van der Waals surface area contributed by atoms with E-state index in [0.717, 1.165) is 12.2 Å². The Balaban J connectivity index is 2.20. The minimum atomic E-state index is 0.216. The van der Waals surface area contributed by atoms with Crippen LogP contribution in [0.2, 0.25) is 0 Å². The van der Waals surface area contributed by atoms with Gasteiger partial charge in [0, 0.05) is 24.9 Å². The lowest BCUT2D eigenvalue weighted by atomic mass is 10.1. The molecule has 0 aromatic heterocycles. The predicted octanol–water partition coefficient (Wildman–Crippen LogP) is 2.29. The van der Waals surface area contributed by atoms with Gasteiger partial charge in [-0.2, -0.15) is 0 Å². The van der Waals surface area contributed by atoms with E-state index in [2.05, 4.69) is 36.1 Å². The first-order valence-corrected chi connectivity index (χ1v) is 4.80. The summed E-state index contributed by atoms with van der Waals surface area (Å²) >= 11 is 0. The van der Waals surface area contributed by atoms with Crippen molar-refractivity contribution in [3.63, 3.8) is 0 Å². The molecule has 0 fully saturated rings. The Morgan fingerprint density at radius 1 is 1.21 bits per heavy atom. The first kappa shape index (κ1) is 9.00. The smallest absolute Gasteiger partial charge is 0.158 e. The molecule has 1 aliphatic rings. The van der Waals surface area contributed by atoms with Crippen LogP contribution >= 0.6 is 0 Å². The van der Waals surface area contributed by atoms with Crippen molar-refractivity contribution in [2.45, 2.75) is 13.3 Å². The topological polar surface area (TPSA) is 20.3 Å². The zero-order valence-electron chi connectivity index (χ0n) is 8.23. The molecule has 1 aliphatic heterocycles. The molecule has 2 nitrogen and oxygen atoms in total. The zero-order valence-corrected chi connectivity index (χ0v) is 8.23. The molecule has 0 spiro atoms.